The van der Waals surface area contributed by atoms with E-state index in [0.29, 0.717) is 0 Å². The minimum Gasteiger partial charge on any atom is -0.349 e. The molecular weight excluding hydrogens is 344 g/mol. The number of nitrogens with one attached hydrogen (secondary N) is 1. The third kappa shape index (κ3) is 4.87. The van der Waals surface area contributed by atoms with Crippen LogP contribution in [0.2, 0.25) is 5.02 Å². The molecule has 2 aromatic rings. The van der Waals surface area contributed by atoms with Gasteiger partial charge in [-0.2, -0.15) is 0 Å². The van der Waals surface area contributed by atoms with Crippen molar-refractivity contribution in [3.05, 3.63) is 70.7 Å². The monoisotopic (exact) mass is 370 g/mol. The van der Waals surface area contributed by atoms with Crippen LogP contribution in [-0.2, 0) is 11.3 Å². The fraction of sp³-hybridized carbons (Fsp3) is 0.409. The van der Waals surface area contributed by atoms with Gasteiger partial charge in [0.1, 0.15) is 0 Å². The Morgan fingerprint density at radius 2 is 1.77 bits per heavy atom. The predicted molar refractivity (Wildman–Crippen MR) is 107 cm³/mol. The van der Waals surface area contributed by atoms with E-state index in [-0.39, 0.29) is 17.9 Å². The Morgan fingerprint density at radius 1 is 1.12 bits per heavy atom. The zero-order valence-corrected chi connectivity index (χ0v) is 16.1. The van der Waals surface area contributed by atoms with Crippen LogP contribution in [0.5, 0.6) is 0 Å². The van der Waals surface area contributed by atoms with Gasteiger partial charge in [0, 0.05) is 17.5 Å². The highest BCUT2D eigenvalue weighted by molar-refractivity contribution is 6.31. The van der Waals surface area contributed by atoms with Crippen LogP contribution in [0.3, 0.4) is 0 Å². The average molecular weight is 371 g/mol. The van der Waals surface area contributed by atoms with Crippen LogP contribution in [0.25, 0.3) is 0 Å². The lowest BCUT2D eigenvalue weighted by Gasteiger charge is -2.32. The summed E-state index contributed by atoms with van der Waals surface area (Å²) in [6.07, 6.45) is 2.71. The molecule has 1 atom stereocenters. The Kier molecular flexibility index (Phi) is 6.70. The zero-order chi connectivity index (χ0) is 18.4. The number of hydrogen-bond donors (Lipinski definition) is 1. The molecular formula is C22H27ClN2O. The van der Waals surface area contributed by atoms with Crippen LogP contribution in [0.15, 0.2) is 54.6 Å². The van der Waals surface area contributed by atoms with Gasteiger partial charge in [-0.3, -0.25) is 9.69 Å². The topological polar surface area (TPSA) is 32.3 Å². The molecule has 1 amide bonds. The number of carbonyl (C=O) groups is 1. The molecule has 0 aliphatic carbocycles. The lowest BCUT2D eigenvalue weighted by molar-refractivity contribution is -0.127. The number of amides is 1. The molecule has 3 nitrogen and oxygen atoms in total. The Balaban J connectivity index is 1.51. The van der Waals surface area contributed by atoms with Crippen molar-refractivity contribution < 1.29 is 4.79 Å². The lowest BCUT2D eigenvalue weighted by Crippen LogP contribution is -2.41. The molecule has 0 bridgehead atoms. The molecule has 1 unspecified atom stereocenters. The summed E-state index contributed by atoms with van der Waals surface area (Å²) in [4.78, 5) is 15.1. The summed E-state index contributed by atoms with van der Waals surface area (Å²) in [6.45, 7) is 4.84. The molecule has 1 aliphatic heterocycles. The van der Waals surface area contributed by atoms with E-state index in [2.05, 4.69) is 35.3 Å². The number of halogens is 1. The summed E-state index contributed by atoms with van der Waals surface area (Å²) >= 11 is 6.26. The fourth-order valence-corrected chi connectivity index (χ4v) is 3.81. The average Bonchev–Trinajstić information content (AvgIpc) is 2.69. The summed E-state index contributed by atoms with van der Waals surface area (Å²) < 4.78 is 0. The van der Waals surface area contributed by atoms with Crippen LogP contribution in [0.4, 0.5) is 0 Å². The van der Waals surface area contributed by atoms with Gasteiger partial charge < -0.3 is 5.32 Å². The minimum atomic E-state index is 0.102. The first-order valence-corrected chi connectivity index (χ1v) is 9.86. The maximum Gasteiger partial charge on any atom is 0.223 e. The molecule has 0 saturated carbocycles. The highest BCUT2D eigenvalue weighted by atomic mass is 35.5. The van der Waals surface area contributed by atoms with Gasteiger partial charge in [-0.25, -0.2) is 0 Å². The quantitative estimate of drug-likeness (QED) is 0.790. The van der Waals surface area contributed by atoms with Crippen molar-refractivity contribution in [1.29, 1.82) is 0 Å². The molecule has 1 N–H and O–H groups in total. The van der Waals surface area contributed by atoms with Gasteiger partial charge in [0.25, 0.3) is 0 Å². The number of piperidine rings is 1. The van der Waals surface area contributed by atoms with Crippen molar-refractivity contribution in [2.75, 3.05) is 13.1 Å². The molecule has 138 valence electrons. The van der Waals surface area contributed by atoms with Gasteiger partial charge in [-0.1, -0.05) is 67.1 Å². The Morgan fingerprint density at radius 3 is 2.42 bits per heavy atom. The van der Waals surface area contributed by atoms with Gasteiger partial charge in [0.2, 0.25) is 5.91 Å². The molecule has 4 heteroatoms. The van der Waals surface area contributed by atoms with Crippen molar-refractivity contribution in [3.63, 3.8) is 0 Å². The fourth-order valence-electron chi connectivity index (χ4n) is 3.62. The van der Waals surface area contributed by atoms with E-state index in [1.807, 2.05) is 36.4 Å². The molecule has 0 radical (unpaired) electrons. The molecule has 3 rings (SSSR count). The number of hydrogen-bond acceptors (Lipinski definition) is 2. The first-order chi connectivity index (χ1) is 12.7. The highest BCUT2D eigenvalue weighted by Gasteiger charge is 2.26. The van der Waals surface area contributed by atoms with Crippen LogP contribution < -0.4 is 5.32 Å². The van der Waals surface area contributed by atoms with Crippen molar-refractivity contribution in [1.82, 2.24) is 10.2 Å². The molecule has 1 aliphatic rings. The van der Waals surface area contributed by atoms with E-state index in [4.69, 9.17) is 11.6 Å². The molecule has 0 spiro atoms. The van der Waals surface area contributed by atoms with E-state index in [0.717, 1.165) is 49.5 Å². The predicted octanol–water partition coefficient (Wildman–Crippen LogP) is 4.82. The standard InChI is InChI=1S/C22H27ClN2O/c1-2-21(17-8-4-3-5-9-17)24-22(26)18-12-14-25(15-13-18)16-19-10-6-7-11-20(19)23/h3-11,18,21H,2,12-16H2,1H3,(H,24,26). The normalized spacial score (nSPS) is 17.0. The van der Waals surface area contributed by atoms with Gasteiger partial charge >= 0.3 is 0 Å². The summed E-state index contributed by atoms with van der Waals surface area (Å²) in [6, 6.07) is 18.3. The maximum absolute atomic E-state index is 12.7. The Bertz CT molecular complexity index is 711. The van der Waals surface area contributed by atoms with Crippen LogP contribution in [0, 0.1) is 5.92 Å². The number of rotatable bonds is 6. The van der Waals surface area contributed by atoms with Crippen LogP contribution >= 0.6 is 11.6 Å². The van der Waals surface area contributed by atoms with E-state index >= 15 is 0 Å². The third-order valence-corrected chi connectivity index (χ3v) is 5.61. The summed E-state index contributed by atoms with van der Waals surface area (Å²) in [5.41, 5.74) is 2.34. The molecule has 2 aromatic carbocycles. The van der Waals surface area contributed by atoms with Crippen LogP contribution in [-0.4, -0.2) is 23.9 Å². The van der Waals surface area contributed by atoms with Gasteiger partial charge in [-0.05, 0) is 49.5 Å². The van der Waals surface area contributed by atoms with E-state index < -0.39 is 0 Å². The number of benzene rings is 2. The van der Waals surface area contributed by atoms with E-state index in [9.17, 15) is 4.79 Å². The molecule has 1 saturated heterocycles. The van der Waals surface area contributed by atoms with Crippen molar-refractivity contribution >= 4 is 17.5 Å². The number of nitrogens with zero attached hydrogens (tertiary/aromatic N) is 1. The van der Waals surface area contributed by atoms with Gasteiger partial charge in [0.05, 0.1) is 6.04 Å². The number of likely N-dealkylation sites (tertiary alicyclic amines) is 1. The third-order valence-electron chi connectivity index (χ3n) is 5.24. The second kappa shape index (κ2) is 9.20. The molecule has 1 fully saturated rings. The van der Waals surface area contributed by atoms with Crippen molar-refractivity contribution in [2.45, 2.75) is 38.8 Å². The SMILES string of the molecule is CCC(NC(=O)C1CCN(Cc2ccccc2Cl)CC1)c1ccccc1. The molecule has 26 heavy (non-hydrogen) atoms. The minimum absolute atomic E-state index is 0.102. The second-order valence-electron chi connectivity index (χ2n) is 7.02. The Hall–Kier alpha value is -1.84. The Labute approximate surface area is 161 Å². The summed E-state index contributed by atoms with van der Waals surface area (Å²) in [7, 11) is 0. The highest BCUT2D eigenvalue weighted by Crippen LogP contribution is 2.24. The lowest BCUT2D eigenvalue weighted by atomic mass is 9.94. The largest absolute Gasteiger partial charge is 0.349 e. The summed E-state index contributed by atoms with van der Waals surface area (Å²) in [5.74, 6) is 0.299. The first-order valence-electron chi connectivity index (χ1n) is 9.48. The molecule has 1 heterocycles. The maximum atomic E-state index is 12.7. The van der Waals surface area contributed by atoms with E-state index in [1.54, 1.807) is 0 Å². The van der Waals surface area contributed by atoms with Gasteiger partial charge in [0.15, 0.2) is 0 Å². The smallest absolute Gasteiger partial charge is 0.223 e. The second-order valence-corrected chi connectivity index (χ2v) is 7.43. The first kappa shape index (κ1) is 18.9. The van der Waals surface area contributed by atoms with E-state index in [1.165, 1.54) is 5.56 Å². The van der Waals surface area contributed by atoms with Crippen molar-refractivity contribution in [2.24, 2.45) is 5.92 Å². The van der Waals surface area contributed by atoms with Crippen molar-refractivity contribution in [3.8, 4) is 0 Å². The zero-order valence-electron chi connectivity index (χ0n) is 15.3. The van der Waals surface area contributed by atoms with Gasteiger partial charge in [-0.15, -0.1) is 0 Å². The summed E-state index contributed by atoms with van der Waals surface area (Å²) in [5, 5.41) is 4.07. The van der Waals surface area contributed by atoms with Crippen LogP contribution in [0.1, 0.15) is 43.4 Å². The number of carbonyl (C=O) groups excluding carboxylic acids is 1. The molecule has 0 aromatic heterocycles.